The number of ether oxygens (including phenoxy) is 2. The lowest BCUT2D eigenvalue weighted by Crippen LogP contribution is -2.47. The van der Waals surface area contributed by atoms with Gasteiger partial charge in [0.05, 0.1) is 6.61 Å². The van der Waals surface area contributed by atoms with E-state index in [0.717, 1.165) is 45.6 Å². The lowest BCUT2D eigenvalue weighted by atomic mass is 9.74. The Balaban J connectivity index is 1.84. The zero-order valence-corrected chi connectivity index (χ0v) is 11.8. The van der Waals surface area contributed by atoms with Gasteiger partial charge in [0.25, 0.3) is 0 Å². The Morgan fingerprint density at radius 2 is 1.89 bits per heavy atom. The fourth-order valence-corrected chi connectivity index (χ4v) is 2.79. The third-order valence-electron chi connectivity index (χ3n) is 3.88. The summed E-state index contributed by atoms with van der Waals surface area (Å²) in [5.41, 5.74) is -0.0725. The van der Waals surface area contributed by atoms with Crippen LogP contribution in [0.15, 0.2) is 0 Å². The monoisotopic (exact) mass is 255 g/mol. The second-order valence-corrected chi connectivity index (χ2v) is 6.62. The second kappa shape index (κ2) is 5.08. The Hall–Kier alpha value is -0.770. The van der Waals surface area contributed by atoms with Crippen molar-refractivity contribution < 1.29 is 14.3 Å². The summed E-state index contributed by atoms with van der Waals surface area (Å²) in [6.45, 7) is 9.10. The molecule has 18 heavy (non-hydrogen) atoms. The van der Waals surface area contributed by atoms with Gasteiger partial charge in [0.15, 0.2) is 0 Å². The maximum absolute atomic E-state index is 12.0. The Bertz CT molecular complexity index is 293. The van der Waals surface area contributed by atoms with Gasteiger partial charge in [-0.15, -0.1) is 0 Å². The fourth-order valence-electron chi connectivity index (χ4n) is 2.79. The first-order valence-corrected chi connectivity index (χ1v) is 6.96. The molecule has 104 valence electrons. The predicted molar refractivity (Wildman–Crippen MR) is 69.5 cm³/mol. The average Bonchev–Trinajstić information content (AvgIpc) is 2.28. The van der Waals surface area contributed by atoms with Crippen LogP contribution in [0.3, 0.4) is 0 Å². The predicted octanol–water partition coefficient (Wildman–Crippen LogP) is 2.81. The topological polar surface area (TPSA) is 38.8 Å². The van der Waals surface area contributed by atoms with Gasteiger partial charge in [-0.05, 0) is 51.9 Å². The van der Waals surface area contributed by atoms with E-state index in [0.29, 0.717) is 5.41 Å². The summed E-state index contributed by atoms with van der Waals surface area (Å²) in [5.74, 6) is 0. The first-order valence-electron chi connectivity index (χ1n) is 6.96. The summed E-state index contributed by atoms with van der Waals surface area (Å²) in [7, 11) is 0. The Morgan fingerprint density at radius 3 is 2.39 bits per heavy atom. The van der Waals surface area contributed by atoms with Gasteiger partial charge >= 0.3 is 6.09 Å². The number of rotatable bonds is 0. The van der Waals surface area contributed by atoms with Crippen molar-refractivity contribution in [2.45, 2.75) is 52.1 Å². The highest BCUT2D eigenvalue weighted by atomic mass is 16.6. The van der Waals surface area contributed by atoms with Crippen molar-refractivity contribution in [3.63, 3.8) is 0 Å². The summed E-state index contributed by atoms with van der Waals surface area (Å²) in [5, 5.41) is 0. The normalized spacial score (nSPS) is 24.1. The Kier molecular flexibility index (Phi) is 3.85. The minimum atomic E-state index is -0.403. The van der Waals surface area contributed by atoms with Gasteiger partial charge < -0.3 is 14.4 Å². The summed E-state index contributed by atoms with van der Waals surface area (Å²) in [6.07, 6.45) is 4.33. The number of carbonyl (C=O) groups excluding carboxylic acids is 1. The van der Waals surface area contributed by atoms with Crippen LogP contribution < -0.4 is 0 Å². The molecule has 0 aromatic heterocycles. The van der Waals surface area contributed by atoms with E-state index in [9.17, 15) is 4.79 Å². The van der Waals surface area contributed by atoms with Crippen molar-refractivity contribution >= 4 is 6.09 Å². The van der Waals surface area contributed by atoms with Crippen LogP contribution >= 0.6 is 0 Å². The van der Waals surface area contributed by atoms with E-state index in [1.165, 1.54) is 6.42 Å². The number of hydrogen-bond acceptors (Lipinski definition) is 3. The molecule has 2 aliphatic heterocycles. The molecule has 4 heteroatoms. The number of carbonyl (C=O) groups is 1. The Morgan fingerprint density at radius 1 is 1.22 bits per heavy atom. The molecule has 0 atom stereocenters. The maximum Gasteiger partial charge on any atom is 0.410 e. The molecular formula is C14H25NO3. The zero-order chi connectivity index (χ0) is 13.2. The largest absolute Gasteiger partial charge is 0.444 e. The van der Waals surface area contributed by atoms with Gasteiger partial charge in [0.2, 0.25) is 0 Å². The van der Waals surface area contributed by atoms with Crippen molar-refractivity contribution in [1.29, 1.82) is 0 Å². The molecule has 1 amide bonds. The van der Waals surface area contributed by atoms with Crippen molar-refractivity contribution in [2.24, 2.45) is 5.41 Å². The molecule has 0 aromatic carbocycles. The van der Waals surface area contributed by atoms with Crippen LogP contribution in [-0.2, 0) is 9.47 Å². The van der Waals surface area contributed by atoms with Crippen LogP contribution in [0.5, 0.6) is 0 Å². The number of piperidine rings is 1. The first-order chi connectivity index (χ1) is 8.40. The van der Waals surface area contributed by atoms with Gasteiger partial charge in [0, 0.05) is 19.7 Å². The number of likely N-dealkylation sites (tertiary alicyclic amines) is 1. The summed E-state index contributed by atoms with van der Waals surface area (Å²) >= 11 is 0. The molecule has 1 spiro atoms. The second-order valence-electron chi connectivity index (χ2n) is 6.62. The van der Waals surface area contributed by atoms with E-state index in [4.69, 9.17) is 9.47 Å². The van der Waals surface area contributed by atoms with Gasteiger partial charge in [-0.2, -0.15) is 0 Å². The number of hydrogen-bond donors (Lipinski definition) is 0. The molecule has 0 N–H and O–H groups in total. The van der Waals surface area contributed by atoms with Crippen LogP contribution in [0.2, 0.25) is 0 Å². The molecule has 2 aliphatic rings. The molecule has 0 bridgehead atoms. The highest BCUT2D eigenvalue weighted by Crippen LogP contribution is 2.39. The van der Waals surface area contributed by atoms with Crippen LogP contribution in [0.1, 0.15) is 46.5 Å². The molecule has 0 unspecified atom stereocenters. The molecule has 4 nitrogen and oxygen atoms in total. The zero-order valence-electron chi connectivity index (χ0n) is 11.8. The van der Waals surface area contributed by atoms with Crippen LogP contribution in [-0.4, -0.2) is 42.9 Å². The lowest BCUT2D eigenvalue weighted by Gasteiger charge is -2.43. The van der Waals surface area contributed by atoms with Gasteiger partial charge in [0.1, 0.15) is 5.60 Å². The highest BCUT2D eigenvalue weighted by Gasteiger charge is 2.38. The third-order valence-corrected chi connectivity index (χ3v) is 3.88. The SMILES string of the molecule is CC(C)(C)OC(=O)N1CCC2(CCCOC2)CC1. The van der Waals surface area contributed by atoms with E-state index >= 15 is 0 Å². The first kappa shape index (κ1) is 13.7. The minimum Gasteiger partial charge on any atom is -0.444 e. The van der Waals surface area contributed by atoms with E-state index in [1.807, 2.05) is 25.7 Å². The maximum atomic E-state index is 12.0. The summed E-state index contributed by atoms with van der Waals surface area (Å²) in [6, 6.07) is 0. The molecular weight excluding hydrogens is 230 g/mol. The fraction of sp³-hybridized carbons (Fsp3) is 0.929. The molecule has 0 aliphatic carbocycles. The molecule has 2 rings (SSSR count). The van der Waals surface area contributed by atoms with E-state index in [1.54, 1.807) is 0 Å². The van der Waals surface area contributed by atoms with Crippen LogP contribution in [0, 0.1) is 5.41 Å². The van der Waals surface area contributed by atoms with Crippen molar-refractivity contribution in [3.05, 3.63) is 0 Å². The van der Waals surface area contributed by atoms with Crippen molar-refractivity contribution in [2.75, 3.05) is 26.3 Å². The number of nitrogens with zero attached hydrogens (tertiary/aromatic N) is 1. The highest BCUT2D eigenvalue weighted by molar-refractivity contribution is 5.68. The minimum absolute atomic E-state index is 0.172. The number of amides is 1. The van der Waals surface area contributed by atoms with Gasteiger partial charge in [-0.25, -0.2) is 4.79 Å². The van der Waals surface area contributed by atoms with E-state index in [-0.39, 0.29) is 6.09 Å². The summed E-state index contributed by atoms with van der Waals surface area (Å²) < 4.78 is 11.0. The van der Waals surface area contributed by atoms with Gasteiger partial charge in [-0.1, -0.05) is 0 Å². The molecule has 0 aromatic rings. The molecule has 0 saturated carbocycles. The van der Waals surface area contributed by atoms with E-state index < -0.39 is 5.60 Å². The quantitative estimate of drug-likeness (QED) is 0.668. The van der Waals surface area contributed by atoms with E-state index in [2.05, 4.69) is 0 Å². The Labute approximate surface area is 110 Å². The molecule has 0 radical (unpaired) electrons. The van der Waals surface area contributed by atoms with Crippen molar-refractivity contribution in [3.8, 4) is 0 Å². The van der Waals surface area contributed by atoms with Gasteiger partial charge in [-0.3, -0.25) is 0 Å². The average molecular weight is 255 g/mol. The molecule has 2 saturated heterocycles. The van der Waals surface area contributed by atoms with Crippen LogP contribution in [0.4, 0.5) is 4.79 Å². The lowest BCUT2D eigenvalue weighted by molar-refractivity contribution is -0.0471. The standard InChI is InChI=1S/C14H25NO3/c1-13(2,3)18-12(16)15-8-6-14(7-9-15)5-4-10-17-11-14/h4-11H2,1-3H3. The van der Waals surface area contributed by atoms with Crippen molar-refractivity contribution in [1.82, 2.24) is 4.90 Å². The molecule has 2 fully saturated rings. The molecule has 2 heterocycles. The smallest absolute Gasteiger partial charge is 0.410 e. The summed E-state index contributed by atoms with van der Waals surface area (Å²) in [4.78, 5) is 13.8. The van der Waals surface area contributed by atoms with Crippen LogP contribution in [0.25, 0.3) is 0 Å². The third kappa shape index (κ3) is 3.37.